The smallest absolute Gasteiger partial charge is 0.135 e. The van der Waals surface area contributed by atoms with Gasteiger partial charge in [0.15, 0.2) is 0 Å². The second kappa shape index (κ2) is 5.74. The molecule has 3 heteroatoms. The highest BCUT2D eigenvalue weighted by atomic mass is 15.2. The quantitative estimate of drug-likeness (QED) is 0.906. The summed E-state index contributed by atoms with van der Waals surface area (Å²) >= 11 is 0. The number of hydrogen-bond acceptors (Lipinski definition) is 3. The van der Waals surface area contributed by atoms with Gasteiger partial charge in [-0.3, -0.25) is 0 Å². The summed E-state index contributed by atoms with van der Waals surface area (Å²) in [6.07, 6.45) is 4.00. The molecule has 100 valence electrons. The van der Waals surface area contributed by atoms with Crippen LogP contribution in [0, 0.1) is 6.92 Å². The van der Waals surface area contributed by atoms with E-state index in [1.165, 1.54) is 12.0 Å². The van der Waals surface area contributed by atoms with Crippen LogP contribution in [0.1, 0.15) is 24.5 Å². The summed E-state index contributed by atoms with van der Waals surface area (Å²) < 4.78 is 0. The molecule has 0 fully saturated rings. The summed E-state index contributed by atoms with van der Waals surface area (Å²) in [5.41, 5.74) is 10.0. The summed E-state index contributed by atoms with van der Waals surface area (Å²) in [5.74, 6) is 0.942. The fraction of sp³-hybridized carbons (Fsp3) is 0.312. The first-order valence-corrected chi connectivity index (χ1v) is 6.66. The van der Waals surface area contributed by atoms with E-state index in [1.807, 2.05) is 20.0 Å². The minimum Gasteiger partial charge on any atom is -0.397 e. The maximum absolute atomic E-state index is 5.74. The standard InChI is InChI=1S/C16H21N3/c1-4-5-13-6-8-15(9-7-13)19(3)16-12(2)10-14(17)11-18-16/h6-11H,4-5,17H2,1-3H3. The lowest BCUT2D eigenvalue weighted by Crippen LogP contribution is -2.13. The van der Waals surface area contributed by atoms with Gasteiger partial charge in [0.2, 0.25) is 0 Å². The summed E-state index contributed by atoms with van der Waals surface area (Å²) in [6, 6.07) is 10.6. The van der Waals surface area contributed by atoms with E-state index >= 15 is 0 Å². The molecule has 0 bridgehead atoms. The normalized spacial score (nSPS) is 10.5. The van der Waals surface area contributed by atoms with Gasteiger partial charge in [0, 0.05) is 12.7 Å². The van der Waals surface area contributed by atoms with Gasteiger partial charge in [0.05, 0.1) is 11.9 Å². The summed E-state index contributed by atoms with van der Waals surface area (Å²) in [7, 11) is 2.03. The van der Waals surface area contributed by atoms with Crippen molar-refractivity contribution in [1.82, 2.24) is 4.98 Å². The van der Waals surface area contributed by atoms with Gasteiger partial charge in [-0.25, -0.2) is 4.98 Å². The number of anilines is 3. The molecule has 0 aliphatic carbocycles. The zero-order valence-corrected chi connectivity index (χ0v) is 11.9. The van der Waals surface area contributed by atoms with E-state index in [2.05, 4.69) is 41.1 Å². The molecule has 0 aliphatic rings. The molecule has 2 N–H and O–H groups in total. The molecular weight excluding hydrogens is 234 g/mol. The molecule has 0 atom stereocenters. The zero-order chi connectivity index (χ0) is 13.8. The van der Waals surface area contributed by atoms with E-state index in [9.17, 15) is 0 Å². The van der Waals surface area contributed by atoms with Crippen molar-refractivity contribution >= 4 is 17.2 Å². The second-order valence-corrected chi connectivity index (χ2v) is 4.88. The molecule has 0 unspecified atom stereocenters. The van der Waals surface area contributed by atoms with E-state index < -0.39 is 0 Å². The van der Waals surface area contributed by atoms with Gasteiger partial charge in [-0.15, -0.1) is 0 Å². The Morgan fingerprint density at radius 1 is 1.21 bits per heavy atom. The molecule has 3 nitrogen and oxygen atoms in total. The Hall–Kier alpha value is -2.03. The van der Waals surface area contributed by atoms with Gasteiger partial charge >= 0.3 is 0 Å². The van der Waals surface area contributed by atoms with Crippen LogP contribution in [0.4, 0.5) is 17.2 Å². The van der Waals surface area contributed by atoms with Gasteiger partial charge in [-0.1, -0.05) is 25.5 Å². The lowest BCUT2D eigenvalue weighted by atomic mass is 10.1. The molecule has 0 saturated heterocycles. The largest absolute Gasteiger partial charge is 0.397 e. The molecule has 19 heavy (non-hydrogen) atoms. The van der Waals surface area contributed by atoms with Gasteiger partial charge in [-0.05, 0) is 42.7 Å². The Morgan fingerprint density at radius 3 is 2.47 bits per heavy atom. The van der Waals surface area contributed by atoms with Gasteiger partial charge in [-0.2, -0.15) is 0 Å². The minimum atomic E-state index is 0.702. The molecule has 0 aliphatic heterocycles. The van der Waals surface area contributed by atoms with Crippen LogP contribution >= 0.6 is 0 Å². The van der Waals surface area contributed by atoms with Crippen LogP contribution in [0.2, 0.25) is 0 Å². The van der Waals surface area contributed by atoms with Gasteiger partial charge in [0.25, 0.3) is 0 Å². The van der Waals surface area contributed by atoms with E-state index in [4.69, 9.17) is 5.73 Å². The number of aryl methyl sites for hydroxylation is 2. The second-order valence-electron chi connectivity index (χ2n) is 4.88. The van der Waals surface area contributed by atoms with E-state index in [1.54, 1.807) is 6.20 Å². The van der Waals surface area contributed by atoms with Crippen LogP contribution in [0.15, 0.2) is 36.5 Å². The number of pyridine rings is 1. The fourth-order valence-corrected chi connectivity index (χ4v) is 2.24. The monoisotopic (exact) mass is 255 g/mol. The number of hydrogen-bond donors (Lipinski definition) is 1. The van der Waals surface area contributed by atoms with Crippen molar-refractivity contribution in [3.63, 3.8) is 0 Å². The maximum atomic E-state index is 5.74. The molecule has 1 heterocycles. The van der Waals surface area contributed by atoms with Crippen LogP contribution in [0.25, 0.3) is 0 Å². The first-order chi connectivity index (χ1) is 9.11. The van der Waals surface area contributed by atoms with E-state index in [0.29, 0.717) is 5.69 Å². The van der Waals surface area contributed by atoms with Crippen LogP contribution in [0.3, 0.4) is 0 Å². The minimum absolute atomic E-state index is 0.702. The first kappa shape index (κ1) is 13.4. The van der Waals surface area contributed by atoms with Crippen LogP contribution in [0.5, 0.6) is 0 Å². The number of nitrogens with zero attached hydrogens (tertiary/aromatic N) is 2. The third kappa shape index (κ3) is 3.05. The topological polar surface area (TPSA) is 42.2 Å². The molecular formula is C16H21N3. The lowest BCUT2D eigenvalue weighted by Gasteiger charge is -2.20. The number of rotatable bonds is 4. The maximum Gasteiger partial charge on any atom is 0.135 e. The number of aromatic nitrogens is 1. The zero-order valence-electron chi connectivity index (χ0n) is 11.9. The molecule has 2 aromatic rings. The van der Waals surface area contributed by atoms with Crippen LogP contribution < -0.4 is 10.6 Å². The van der Waals surface area contributed by atoms with Crippen LogP contribution in [-0.4, -0.2) is 12.0 Å². The van der Waals surface area contributed by atoms with Crippen molar-refractivity contribution in [3.05, 3.63) is 47.7 Å². The lowest BCUT2D eigenvalue weighted by molar-refractivity contribution is 0.921. The average molecular weight is 255 g/mol. The number of nitrogen functional groups attached to an aromatic ring is 1. The number of nitrogens with two attached hydrogens (primary N) is 1. The Labute approximate surface area is 115 Å². The van der Waals surface area contributed by atoms with Crippen LogP contribution in [-0.2, 0) is 6.42 Å². The molecule has 0 saturated carbocycles. The van der Waals surface area contributed by atoms with Crippen molar-refractivity contribution in [2.75, 3.05) is 17.7 Å². The third-order valence-corrected chi connectivity index (χ3v) is 3.25. The molecule has 0 amide bonds. The van der Waals surface area contributed by atoms with Crippen molar-refractivity contribution in [2.45, 2.75) is 26.7 Å². The summed E-state index contributed by atoms with van der Waals surface area (Å²) in [6.45, 7) is 4.22. The fourth-order valence-electron chi connectivity index (χ4n) is 2.24. The Bertz CT molecular complexity index is 546. The van der Waals surface area contributed by atoms with E-state index in [-0.39, 0.29) is 0 Å². The van der Waals surface area contributed by atoms with Gasteiger partial charge < -0.3 is 10.6 Å². The summed E-state index contributed by atoms with van der Waals surface area (Å²) in [5, 5.41) is 0. The van der Waals surface area contributed by atoms with Crippen molar-refractivity contribution in [3.8, 4) is 0 Å². The molecule has 2 rings (SSSR count). The Kier molecular flexibility index (Phi) is 4.05. The average Bonchev–Trinajstić information content (AvgIpc) is 2.39. The molecule has 1 aromatic heterocycles. The highest BCUT2D eigenvalue weighted by Crippen LogP contribution is 2.25. The third-order valence-electron chi connectivity index (χ3n) is 3.25. The predicted octanol–water partition coefficient (Wildman–Crippen LogP) is 3.69. The van der Waals surface area contributed by atoms with E-state index in [0.717, 1.165) is 23.5 Å². The van der Waals surface area contributed by atoms with Gasteiger partial charge in [0.1, 0.15) is 5.82 Å². The Morgan fingerprint density at radius 2 is 1.89 bits per heavy atom. The van der Waals surface area contributed by atoms with Crippen molar-refractivity contribution in [1.29, 1.82) is 0 Å². The molecule has 1 aromatic carbocycles. The SMILES string of the molecule is CCCc1ccc(N(C)c2ncc(N)cc2C)cc1. The van der Waals surface area contributed by atoms with Crippen molar-refractivity contribution in [2.24, 2.45) is 0 Å². The molecule has 0 spiro atoms. The van der Waals surface area contributed by atoms with Crippen molar-refractivity contribution < 1.29 is 0 Å². The highest BCUT2D eigenvalue weighted by Gasteiger charge is 2.08. The predicted molar refractivity (Wildman–Crippen MR) is 81.9 cm³/mol. The first-order valence-electron chi connectivity index (χ1n) is 6.66. The number of benzene rings is 1. The summed E-state index contributed by atoms with van der Waals surface area (Å²) in [4.78, 5) is 6.50. The highest BCUT2D eigenvalue weighted by molar-refractivity contribution is 5.63. The Balaban J connectivity index is 2.25. The molecule has 0 radical (unpaired) electrons.